The standard InChI is InChI=1S/C25H31N3O4/c1-16(2)14-26-24(30)21-22(19-11-8-12-20(13-19)27-23(29)17(3)4)32-25(31)28(21)15-18-9-6-5-7-10-18/h5-13,16-17,21-22H,14-15H2,1-4H3,(H,26,30)(H,27,29). The van der Waals surface area contributed by atoms with Gasteiger partial charge in [-0.05, 0) is 29.2 Å². The lowest BCUT2D eigenvalue weighted by Gasteiger charge is -2.25. The van der Waals surface area contributed by atoms with Gasteiger partial charge in [0.2, 0.25) is 11.8 Å². The Morgan fingerprint density at radius 1 is 1.03 bits per heavy atom. The lowest BCUT2D eigenvalue weighted by atomic mass is 9.99. The Balaban J connectivity index is 1.90. The molecule has 2 unspecified atom stereocenters. The van der Waals surface area contributed by atoms with E-state index >= 15 is 0 Å². The van der Waals surface area contributed by atoms with Crippen LogP contribution in [0, 0.1) is 11.8 Å². The van der Waals surface area contributed by atoms with E-state index in [0.29, 0.717) is 17.8 Å². The van der Waals surface area contributed by atoms with Crippen molar-refractivity contribution in [1.29, 1.82) is 0 Å². The number of nitrogens with zero attached hydrogens (tertiary/aromatic N) is 1. The second-order valence-electron chi connectivity index (χ2n) is 8.77. The van der Waals surface area contributed by atoms with Crippen molar-refractivity contribution >= 4 is 23.6 Å². The van der Waals surface area contributed by atoms with Crippen LogP contribution in [0.3, 0.4) is 0 Å². The molecule has 1 fully saturated rings. The molecule has 3 rings (SSSR count). The highest BCUT2D eigenvalue weighted by molar-refractivity contribution is 5.92. The molecular weight excluding hydrogens is 406 g/mol. The van der Waals surface area contributed by atoms with Crippen molar-refractivity contribution in [2.24, 2.45) is 11.8 Å². The molecule has 7 heteroatoms. The molecule has 2 atom stereocenters. The van der Waals surface area contributed by atoms with Gasteiger partial charge in [0.1, 0.15) is 0 Å². The number of cyclic esters (lactones) is 1. The zero-order valence-corrected chi connectivity index (χ0v) is 19.0. The Hall–Kier alpha value is -3.35. The molecule has 0 aliphatic carbocycles. The largest absolute Gasteiger partial charge is 0.438 e. The average molecular weight is 438 g/mol. The molecule has 2 N–H and O–H groups in total. The van der Waals surface area contributed by atoms with E-state index in [1.807, 2.05) is 58.0 Å². The number of carbonyl (C=O) groups excluding carboxylic acids is 3. The number of amides is 3. The van der Waals surface area contributed by atoms with E-state index in [0.717, 1.165) is 5.56 Å². The van der Waals surface area contributed by atoms with E-state index < -0.39 is 18.2 Å². The number of ether oxygens (including phenoxy) is 1. The summed E-state index contributed by atoms with van der Waals surface area (Å²) in [5.41, 5.74) is 2.16. The number of benzene rings is 2. The second-order valence-corrected chi connectivity index (χ2v) is 8.77. The number of nitrogens with one attached hydrogen (secondary N) is 2. The average Bonchev–Trinajstić information content (AvgIpc) is 3.09. The van der Waals surface area contributed by atoms with Crippen LogP contribution in [0.1, 0.15) is 44.9 Å². The van der Waals surface area contributed by atoms with Crippen LogP contribution in [0.15, 0.2) is 54.6 Å². The van der Waals surface area contributed by atoms with Crippen LogP contribution in [-0.2, 0) is 20.9 Å². The minimum Gasteiger partial charge on any atom is -0.438 e. The van der Waals surface area contributed by atoms with Gasteiger partial charge in [-0.1, -0.05) is 70.2 Å². The molecule has 1 aliphatic heterocycles. The summed E-state index contributed by atoms with van der Waals surface area (Å²) >= 11 is 0. The normalized spacial score (nSPS) is 18.1. The van der Waals surface area contributed by atoms with Gasteiger partial charge < -0.3 is 15.4 Å². The predicted molar refractivity (Wildman–Crippen MR) is 123 cm³/mol. The number of hydrogen-bond acceptors (Lipinski definition) is 4. The second kappa shape index (κ2) is 10.3. The van der Waals surface area contributed by atoms with Gasteiger partial charge in [0.25, 0.3) is 0 Å². The van der Waals surface area contributed by atoms with Gasteiger partial charge in [-0.2, -0.15) is 0 Å². The third-order valence-electron chi connectivity index (χ3n) is 5.24. The smallest absolute Gasteiger partial charge is 0.411 e. The van der Waals surface area contributed by atoms with E-state index in [-0.39, 0.29) is 30.2 Å². The van der Waals surface area contributed by atoms with E-state index in [9.17, 15) is 14.4 Å². The molecule has 1 aliphatic rings. The molecule has 2 aromatic carbocycles. The lowest BCUT2D eigenvalue weighted by molar-refractivity contribution is -0.126. The quantitative estimate of drug-likeness (QED) is 0.650. The molecule has 1 heterocycles. The molecule has 0 bridgehead atoms. The van der Waals surface area contributed by atoms with E-state index in [2.05, 4.69) is 10.6 Å². The fourth-order valence-electron chi connectivity index (χ4n) is 3.48. The molecule has 7 nitrogen and oxygen atoms in total. The van der Waals surface area contributed by atoms with Gasteiger partial charge >= 0.3 is 6.09 Å². The van der Waals surface area contributed by atoms with Crippen LogP contribution in [0.2, 0.25) is 0 Å². The molecule has 0 spiro atoms. The Kier molecular flexibility index (Phi) is 7.51. The highest BCUT2D eigenvalue weighted by Crippen LogP contribution is 2.35. The maximum absolute atomic E-state index is 13.2. The van der Waals surface area contributed by atoms with E-state index in [4.69, 9.17) is 4.74 Å². The summed E-state index contributed by atoms with van der Waals surface area (Å²) in [6, 6.07) is 15.8. The predicted octanol–water partition coefficient (Wildman–Crippen LogP) is 4.12. The number of anilines is 1. The highest BCUT2D eigenvalue weighted by Gasteiger charge is 2.47. The van der Waals surface area contributed by atoms with Crippen molar-refractivity contribution in [1.82, 2.24) is 10.2 Å². The molecule has 0 saturated carbocycles. The summed E-state index contributed by atoms with van der Waals surface area (Å²) in [5, 5.41) is 5.80. The first-order valence-corrected chi connectivity index (χ1v) is 11.0. The van der Waals surface area contributed by atoms with Crippen molar-refractivity contribution in [3.63, 3.8) is 0 Å². The third-order valence-corrected chi connectivity index (χ3v) is 5.24. The van der Waals surface area contributed by atoms with Crippen molar-refractivity contribution in [3.05, 3.63) is 65.7 Å². The summed E-state index contributed by atoms with van der Waals surface area (Å²) in [6.45, 7) is 8.41. The SMILES string of the molecule is CC(C)CNC(=O)C1C(c2cccc(NC(=O)C(C)C)c2)OC(=O)N1Cc1ccccc1. The van der Waals surface area contributed by atoms with Crippen molar-refractivity contribution in [2.75, 3.05) is 11.9 Å². The van der Waals surface area contributed by atoms with Gasteiger partial charge in [0.05, 0.1) is 6.54 Å². The zero-order valence-electron chi connectivity index (χ0n) is 19.0. The van der Waals surface area contributed by atoms with Crippen LogP contribution in [-0.4, -0.2) is 35.4 Å². The van der Waals surface area contributed by atoms with Gasteiger partial charge in [-0.3, -0.25) is 14.5 Å². The molecule has 32 heavy (non-hydrogen) atoms. The molecule has 2 aromatic rings. The van der Waals surface area contributed by atoms with Crippen LogP contribution in [0.4, 0.5) is 10.5 Å². The molecule has 1 saturated heterocycles. The summed E-state index contributed by atoms with van der Waals surface area (Å²) in [7, 11) is 0. The number of rotatable bonds is 8. The Labute approximate surface area is 189 Å². The first-order chi connectivity index (χ1) is 15.3. The fourth-order valence-corrected chi connectivity index (χ4v) is 3.48. The van der Waals surface area contributed by atoms with Crippen molar-refractivity contribution in [3.8, 4) is 0 Å². The summed E-state index contributed by atoms with van der Waals surface area (Å²) in [4.78, 5) is 39.6. The summed E-state index contributed by atoms with van der Waals surface area (Å²) < 4.78 is 5.69. The molecule has 0 radical (unpaired) electrons. The van der Waals surface area contributed by atoms with Crippen LogP contribution in [0.5, 0.6) is 0 Å². The monoisotopic (exact) mass is 437 g/mol. The highest BCUT2D eigenvalue weighted by atomic mass is 16.6. The summed E-state index contributed by atoms with van der Waals surface area (Å²) in [6.07, 6.45) is -1.32. The molecule has 3 amide bonds. The first kappa shape index (κ1) is 23.3. The van der Waals surface area contributed by atoms with Gasteiger partial charge in [-0.25, -0.2) is 4.79 Å². The van der Waals surface area contributed by atoms with Crippen LogP contribution >= 0.6 is 0 Å². The number of carbonyl (C=O) groups is 3. The van der Waals surface area contributed by atoms with Gasteiger partial charge in [0, 0.05) is 18.2 Å². The molecular formula is C25H31N3O4. The first-order valence-electron chi connectivity index (χ1n) is 11.0. The molecule has 0 aromatic heterocycles. The minimum atomic E-state index is -0.822. The van der Waals surface area contributed by atoms with E-state index in [1.165, 1.54) is 4.90 Å². The molecule has 170 valence electrons. The topological polar surface area (TPSA) is 87.7 Å². The van der Waals surface area contributed by atoms with Gasteiger partial charge in [-0.15, -0.1) is 0 Å². The van der Waals surface area contributed by atoms with Crippen LogP contribution in [0.25, 0.3) is 0 Å². The Morgan fingerprint density at radius 3 is 2.41 bits per heavy atom. The van der Waals surface area contributed by atoms with E-state index in [1.54, 1.807) is 24.3 Å². The third kappa shape index (κ3) is 5.66. The van der Waals surface area contributed by atoms with Gasteiger partial charge in [0.15, 0.2) is 12.1 Å². The number of hydrogen-bond donors (Lipinski definition) is 2. The maximum Gasteiger partial charge on any atom is 0.411 e. The Morgan fingerprint density at radius 2 is 1.75 bits per heavy atom. The summed E-state index contributed by atoms with van der Waals surface area (Å²) in [5.74, 6) is -0.268. The van der Waals surface area contributed by atoms with Crippen molar-refractivity contribution in [2.45, 2.75) is 46.4 Å². The van der Waals surface area contributed by atoms with Crippen molar-refractivity contribution < 1.29 is 19.1 Å². The Bertz CT molecular complexity index is 959. The lowest BCUT2D eigenvalue weighted by Crippen LogP contribution is -2.47. The van der Waals surface area contributed by atoms with Crippen LogP contribution < -0.4 is 10.6 Å². The maximum atomic E-state index is 13.2. The zero-order chi connectivity index (χ0) is 23.3. The fraction of sp³-hybridized carbons (Fsp3) is 0.400. The minimum absolute atomic E-state index is 0.109.